The van der Waals surface area contributed by atoms with E-state index in [0.717, 1.165) is 4.47 Å². The highest BCUT2D eigenvalue weighted by Gasteiger charge is 2.24. The summed E-state index contributed by atoms with van der Waals surface area (Å²) in [5.74, 6) is -0.694. The van der Waals surface area contributed by atoms with Gasteiger partial charge in [0.25, 0.3) is 0 Å². The van der Waals surface area contributed by atoms with Gasteiger partial charge in [0.1, 0.15) is 12.4 Å². The maximum atomic E-state index is 11.9. The molecule has 0 saturated carbocycles. The van der Waals surface area contributed by atoms with Crippen molar-refractivity contribution in [1.82, 2.24) is 10.6 Å². The third kappa shape index (κ3) is 5.79. The fourth-order valence-electron chi connectivity index (χ4n) is 1.94. The van der Waals surface area contributed by atoms with Crippen LogP contribution in [-0.4, -0.2) is 44.3 Å². The zero-order chi connectivity index (χ0) is 18.2. The van der Waals surface area contributed by atoms with Gasteiger partial charge in [-0.1, -0.05) is 15.9 Å². The molecular weight excluding hydrogens is 396 g/mol. The van der Waals surface area contributed by atoms with Gasteiger partial charge in [-0.3, -0.25) is 0 Å². The molecule has 0 aliphatic carbocycles. The van der Waals surface area contributed by atoms with Crippen molar-refractivity contribution >= 4 is 33.9 Å². The SMILES string of the molecule is CCOC(=O)C1=C(COC(=O)COc2ccc(Br)cc2)NC(=O)NC1. The molecule has 0 fully saturated rings. The minimum absolute atomic E-state index is 0.00689. The number of ether oxygens (including phenoxy) is 3. The number of hydrogen-bond acceptors (Lipinski definition) is 6. The quantitative estimate of drug-likeness (QED) is 0.657. The molecular formula is C16H17BrN2O6. The highest BCUT2D eigenvalue weighted by molar-refractivity contribution is 9.10. The van der Waals surface area contributed by atoms with E-state index in [1.807, 2.05) is 0 Å². The Balaban J connectivity index is 1.90. The maximum absolute atomic E-state index is 11.9. The van der Waals surface area contributed by atoms with E-state index < -0.39 is 18.0 Å². The minimum atomic E-state index is -0.633. The summed E-state index contributed by atoms with van der Waals surface area (Å²) >= 11 is 3.30. The molecule has 1 aliphatic heterocycles. The van der Waals surface area contributed by atoms with Crippen LogP contribution in [0.3, 0.4) is 0 Å². The molecule has 0 spiro atoms. The van der Waals surface area contributed by atoms with Crippen molar-refractivity contribution in [3.05, 3.63) is 40.0 Å². The first-order valence-electron chi connectivity index (χ1n) is 7.47. The fraction of sp³-hybridized carbons (Fsp3) is 0.312. The topological polar surface area (TPSA) is 103 Å². The zero-order valence-electron chi connectivity index (χ0n) is 13.5. The van der Waals surface area contributed by atoms with E-state index >= 15 is 0 Å². The predicted molar refractivity (Wildman–Crippen MR) is 90.8 cm³/mol. The van der Waals surface area contributed by atoms with Crippen LogP contribution in [0.2, 0.25) is 0 Å². The Hall–Kier alpha value is -2.55. The molecule has 2 amide bonds. The van der Waals surface area contributed by atoms with Gasteiger partial charge in [0.2, 0.25) is 0 Å². The average Bonchev–Trinajstić information content (AvgIpc) is 2.59. The van der Waals surface area contributed by atoms with Crippen LogP contribution in [0.4, 0.5) is 4.79 Å². The van der Waals surface area contributed by atoms with Gasteiger partial charge in [-0.25, -0.2) is 14.4 Å². The van der Waals surface area contributed by atoms with Gasteiger partial charge in [-0.05, 0) is 31.2 Å². The molecule has 9 heteroatoms. The molecule has 134 valence electrons. The van der Waals surface area contributed by atoms with Crippen LogP contribution in [0.15, 0.2) is 40.0 Å². The number of halogens is 1. The first-order chi connectivity index (χ1) is 12.0. The summed E-state index contributed by atoms with van der Waals surface area (Å²) in [6, 6.07) is 6.48. The van der Waals surface area contributed by atoms with Crippen LogP contribution >= 0.6 is 15.9 Å². The molecule has 2 rings (SSSR count). The van der Waals surface area contributed by atoms with Gasteiger partial charge in [-0.15, -0.1) is 0 Å². The Morgan fingerprint density at radius 2 is 1.92 bits per heavy atom. The number of hydrogen-bond donors (Lipinski definition) is 2. The van der Waals surface area contributed by atoms with Crippen LogP contribution in [-0.2, 0) is 19.1 Å². The van der Waals surface area contributed by atoms with E-state index in [9.17, 15) is 14.4 Å². The Morgan fingerprint density at radius 1 is 1.20 bits per heavy atom. The molecule has 0 saturated heterocycles. The van der Waals surface area contributed by atoms with E-state index in [-0.39, 0.29) is 37.6 Å². The van der Waals surface area contributed by atoms with Crippen molar-refractivity contribution in [2.24, 2.45) is 0 Å². The number of carbonyl (C=O) groups is 3. The highest BCUT2D eigenvalue weighted by atomic mass is 79.9. The summed E-state index contributed by atoms with van der Waals surface area (Å²) in [5, 5.41) is 4.91. The summed E-state index contributed by atoms with van der Waals surface area (Å²) in [5.41, 5.74) is 0.405. The van der Waals surface area contributed by atoms with Crippen LogP contribution in [0.5, 0.6) is 5.75 Å². The number of carbonyl (C=O) groups excluding carboxylic acids is 3. The summed E-state index contributed by atoms with van der Waals surface area (Å²) in [4.78, 5) is 35.0. The zero-order valence-corrected chi connectivity index (χ0v) is 15.1. The van der Waals surface area contributed by atoms with E-state index in [0.29, 0.717) is 5.75 Å². The van der Waals surface area contributed by atoms with Crippen molar-refractivity contribution in [1.29, 1.82) is 0 Å². The van der Waals surface area contributed by atoms with Gasteiger partial charge >= 0.3 is 18.0 Å². The summed E-state index contributed by atoms with van der Waals surface area (Å²) in [6.07, 6.45) is 0. The Morgan fingerprint density at radius 3 is 2.60 bits per heavy atom. The third-order valence-corrected chi connectivity index (χ3v) is 3.65. The van der Waals surface area contributed by atoms with Gasteiger partial charge < -0.3 is 24.8 Å². The number of amides is 2. The number of esters is 2. The fourth-order valence-corrected chi connectivity index (χ4v) is 2.20. The van der Waals surface area contributed by atoms with Gasteiger partial charge in [-0.2, -0.15) is 0 Å². The normalized spacial score (nSPS) is 13.6. The second-order valence-corrected chi connectivity index (χ2v) is 5.80. The molecule has 0 atom stereocenters. The van der Waals surface area contributed by atoms with Crippen LogP contribution in [0.1, 0.15) is 6.92 Å². The third-order valence-electron chi connectivity index (χ3n) is 3.12. The van der Waals surface area contributed by atoms with Crippen molar-refractivity contribution in [3.8, 4) is 5.75 Å². The van der Waals surface area contributed by atoms with Crippen molar-refractivity contribution in [2.45, 2.75) is 6.92 Å². The first-order valence-corrected chi connectivity index (χ1v) is 8.27. The predicted octanol–water partition coefficient (Wildman–Crippen LogP) is 1.50. The Kier molecular flexibility index (Phi) is 6.81. The molecule has 1 aromatic carbocycles. The lowest BCUT2D eigenvalue weighted by Crippen LogP contribution is -2.45. The summed E-state index contributed by atoms with van der Waals surface area (Å²) in [6.45, 7) is 1.32. The first kappa shape index (κ1) is 18.8. The lowest BCUT2D eigenvalue weighted by atomic mass is 10.2. The monoisotopic (exact) mass is 412 g/mol. The molecule has 2 N–H and O–H groups in total. The molecule has 0 radical (unpaired) electrons. The van der Waals surface area contributed by atoms with Crippen molar-refractivity contribution in [2.75, 3.05) is 26.4 Å². The van der Waals surface area contributed by atoms with Crippen LogP contribution < -0.4 is 15.4 Å². The van der Waals surface area contributed by atoms with E-state index in [2.05, 4.69) is 26.6 Å². The van der Waals surface area contributed by atoms with Gasteiger partial charge in [0.05, 0.1) is 24.4 Å². The number of nitrogens with one attached hydrogen (secondary N) is 2. The van der Waals surface area contributed by atoms with E-state index in [1.165, 1.54) is 0 Å². The van der Waals surface area contributed by atoms with Crippen LogP contribution in [0, 0.1) is 0 Å². The highest BCUT2D eigenvalue weighted by Crippen LogP contribution is 2.16. The second-order valence-electron chi connectivity index (χ2n) is 4.89. The largest absolute Gasteiger partial charge is 0.482 e. The molecule has 0 aromatic heterocycles. The van der Waals surface area contributed by atoms with Gasteiger partial charge in [0, 0.05) is 4.47 Å². The molecule has 25 heavy (non-hydrogen) atoms. The molecule has 1 aromatic rings. The lowest BCUT2D eigenvalue weighted by molar-refractivity contribution is -0.145. The summed E-state index contributed by atoms with van der Waals surface area (Å²) < 4.78 is 16.1. The number of benzene rings is 1. The molecule has 0 bridgehead atoms. The van der Waals surface area contributed by atoms with Crippen molar-refractivity contribution < 1.29 is 28.6 Å². The Labute approximate surface area is 152 Å². The second kappa shape index (κ2) is 9.07. The van der Waals surface area contributed by atoms with Gasteiger partial charge in [0.15, 0.2) is 6.61 Å². The lowest BCUT2D eigenvalue weighted by Gasteiger charge is -2.21. The maximum Gasteiger partial charge on any atom is 0.344 e. The molecule has 0 unspecified atom stereocenters. The number of urea groups is 1. The molecule has 1 heterocycles. The standard InChI is InChI=1S/C16H17BrN2O6/c1-2-23-15(21)12-7-18-16(22)19-13(12)8-25-14(20)9-24-11-5-3-10(17)4-6-11/h3-6H,2,7-9H2,1H3,(H2,18,19,22). The Bertz CT molecular complexity index is 686. The number of rotatable bonds is 7. The van der Waals surface area contributed by atoms with Crippen molar-refractivity contribution in [3.63, 3.8) is 0 Å². The smallest absolute Gasteiger partial charge is 0.344 e. The molecule has 8 nitrogen and oxygen atoms in total. The summed E-state index contributed by atoms with van der Waals surface area (Å²) in [7, 11) is 0. The minimum Gasteiger partial charge on any atom is -0.482 e. The van der Waals surface area contributed by atoms with E-state index in [1.54, 1.807) is 31.2 Å². The average molecular weight is 413 g/mol. The molecule has 1 aliphatic rings. The van der Waals surface area contributed by atoms with E-state index in [4.69, 9.17) is 14.2 Å². The van der Waals surface area contributed by atoms with Crippen LogP contribution in [0.25, 0.3) is 0 Å².